The Morgan fingerprint density at radius 2 is 1.58 bits per heavy atom. The Morgan fingerprint density at radius 1 is 0.895 bits per heavy atom. The summed E-state index contributed by atoms with van der Waals surface area (Å²) in [6.07, 6.45) is 0. The number of hydrogen-bond acceptors (Lipinski definition) is 1. The zero-order chi connectivity index (χ0) is 14.0. The minimum absolute atomic E-state index is 0.432. The standard InChI is InChI=1S/C13H8BrCl4N/c14-9-2-1-8(15)3-7(9)6-19-13-5-11(17)10(16)4-12(13)18/h1-5,19H,6H2. The van der Waals surface area contributed by atoms with Gasteiger partial charge in [-0.1, -0.05) is 62.3 Å². The molecule has 1 N–H and O–H groups in total. The van der Waals surface area contributed by atoms with Crippen molar-refractivity contribution in [3.63, 3.8) is 0 Å². The summed E-state index contributed by atoms with van der Waals surface area (Å²) in [6.45, 7) is 0.568. The molecule has 2 aromatic carbocycles. The molecule has 19 heavy (non-hydrogen) atoms. The van der Waals surface area contributed by atoms with E-state index in [1.165, 1.54) is 0 Å². The molecule has 0 unspecified atom stereocenters. The summed E-state index contributed by atoms with van der Waals surface area (Å²) in [5, 5.41) is 5.29. The van der Waals surface area contributed by atoms with Crippen LogP contribution in [0.3, 0.4) is 0 Å². The van der Waals surface area contributed by atoms with Crippen molar-refractivity contribution in [3.05, 3.63) is 60.5 Å². The van der Waals surface area contributed by atoms with E-state index in [0.717, 1.165) is 15.7 Å². The molecular formula is C13H8BrCl4N. The molecule has 0 heterocycles. The van der Waals surface area contributed by atoms with Gasteiger partial charge in [0.2, 0.25) is 0 Å². The summed E-state index contributed by atoms with van der Waals surface area (Å²) in [7, 11) is 0. The van der Waals surface area contributed by atoms with Crippen molar-refractivity contribution in [2.45, 2.75) is 6.54 Å². The van der Waals surface area contributed by atoms with Crippen molar-refractivity contribution >= 4 is 68.0 Å². The lowest BCUT2D eigenvalue weighted by atomic mass is 10.2. The molecule has 2 rings (SSSR count). The summed E-state index contributed by atoms with van der Waals surface area (Å²) < 4.78 is 0.973. The van der Waals surface area contributed by atoms with Crippen molar-refractivity contribution in [3.8, 4) is 0 Å². The molecule has 0 amide bonds. The van der Waals surface area contributed by atoms with Crippen LogP contribution in [0.2, 0.25) is 20.1 Å². The first-order chi connectivity index (χ1) is 8.97. The Kier molecular flexibility index (Phi) is 5.27. The third kappa shape index (κ3) is 3.93. The van der Waals surface area contributed by atoms with E-state index in [0.29, 0.717) is 26.6 Å². The van der Waals surface area contributed by atoms with Crippen molar-refractivity contribution in [2.24, 2.45) is 0 Å². The first-order valence-electron chi connectivity index (χ1n) is 5.29. The average Bonchev–Trinajstić information content (AvgIpc) is 2.36. The molecule has 0 bridgehead atoms. The van der Waals surface area contributed by atoms with Crippen LogP contribution < -0.4 is 5.32 Å². The molecule has 0 spiro atoms. The lowest BCUT2D eigenvalue weighted by Crippen LogP contribution is -2.01. The second-order valence-electron chi connectivity index (χ2n) is 3.84. The van der Waals surface area contributed by atoms with Crippen molar-refractivity contribution in [1.82, 2.24) is 0 Å². The summed E-state index contributed by atoms with van der Waals surface area (Å²) in [5.41, 5.74) is 1.75. The largest absolute Gasteiger partial charge is 0.380 e. The predicted molar refractivity (Wildman–Crippen MR) is 88.0 cm³/mol. The molecule has 2 aromatic rings. The van der Waals surface area contributed by atoms with E-state index < -0.39 is 0 Å². The minimum Gasteiger partial charge on any atom is -0.380 e. The first kappa shape index (κ1) is 15.3. The van der Waals surface area contributed by atoms with E-state index in [1.807, 2.05) is 18.2 Å². The molecule has 0 aliphatic carbocycles. The van der Waals surface area contributed by atoms with Crippen molar-refractivity contribution in [1.29, 1.82) is 0 Å². The quantitative estimate of drug-likeness (QED) is 0.568. The van der Waals surface area contributed by atoms with Crippen LogP contribution in [0.25, 0.3) is 0 Å². The molecule has 0 saturated heterocycles. The van der Waals surface area contributed by atoms with Gasteiger partial charge in [0.05, 0.1) is 20.8 Å². The third-order valence-electron chi connectivity index (χ3n) is 2.49. The molecular weight excluding hydrogens is 392 g/mol. The van der Waals surface area contributed by atoms with Gasteiger partial charge in [-0.05, 0) is 35.9 Å². The van der Waals surface area contributed by atoms with Gasteiger partial charge in [-0.15, -0.1) is 0 Å². The molecule has 0 aliphatic rings. The van der Waals surface area contributed by atoms with Gasteiger partial charge < -0.3 is 5.32 Å². The topological polar surface area (TPSA) is 12.0 Å². The molecule has 0 saturated carbocycles. The SMILES string of the molecule is Clc1ccc(Br)c(CNc2cc(Cl)c(Cl)cc2Cl)c1. The summed E-state index contributed by atoms with van der Waals surface area (Å²) in [6, 6.07) is 8.91. The molecule has 0 fully saturated rings. The maximum absolute atomic E-state index is 6.10. The second-order valence-corrected chi connectivity index (χ2v) is 6.35. The van der Waals surface area contributed by atoms with Crippen LogP contribution in [-0.4, -0.2) is 0 Å². The van der Waals surface area contributed by atoms with Crippen LogP contribution in [-0.2, 0) is 6.54 Å². The average molecular weight is 400 g/mol. The molecule has 1 nitrogen and oxygen atoms in total. The van der Waals surface area contributed by atoms with E-state index in [9.17, 15) is 0 Å². The van der Waals surface area contributed by atoms with Crippen LogP contribution >= 0.6 is 62.3 Å². The molecule has 6 heteroatoms. The monoisotopic (exact) mass is 397 g/mol. The Labute approximate surface area is 139 Å². The van der Waals surface area contributed by atoms with E-state index in [2.05, 4.69) is 21.2 Å². The van der Waals surface area contributed by atoms with E-state index in [4.69, 9.17) is 46.4 Å². The zero-order valence-electron chi connectivity index (χ0n) is 9.48. The van der Waals surface area contributed by atoms with E-state index in [1.54, 1.807) is 12.1 Å². The van der Waals surface area contributed by atoms with Crippen LogP contribution in [0.15, 0.2) is 34.8 Å². The first-order valence-corrected chi connectivity index (χ1v) is 7.60. The Balaban J connectivity index is 2.19. The van der Waals surface area contributed by atoms with Gasteiger partial charge >= 0.3 is 0 Å². The van der Waals surface area contributed by atoms with Crippen LogP contribution in [0.1, 0.15) is 5.56 Å². The van der Waals surface area contributed by atoms with Crippen molar-refractivity contribution in [2.75, 3.05) is 5.32 Å². The fourth-order valence-electron chi connectivity index (χ4n) is 1.53. The van der Waals surface area contributed by atoms with Gasteiger partial charge in [0.1, 0.15) is 0 Å². The molecule has 0 aliphatic heterocycles. The van der Waals surface area contributed by atoms with Gasteiger partial charge in [0.25, 0.3) is 0 Å². The number of hydrogen-bond donors (Lipinski definition) is 1. The van der Waals surface area contributed by atoms with Gasteiger partial charge in [-0.25, -0.2) is 0 Å². The molecule has 0 atom stereocenters. The third-order valence-corrected chi connectivity index (χ3v) is 4.53. The van der Waals surface area contributed by atoms with Crippen LogP contribution in [0.4, 0.5) is 5.69 Å². The highest BCUT2D eigenvalue weighted by Crippen LogP contribution is 2.33. The summed E-state index contributed by atoms with van der Waals surface area (Å²) in [5.74, 6) is 0. The Hall–Kier alpha value is -0.120. The fourth-order valence-corrected chi connectivity index (χ4v) is 2.72. The maximum Gasteiger partial charge on any atom is 0.0653 e. The van der Waals surface area contributed by atoms with Gasteiger partial charge in [0, 0.05) is 16.0 Å². The number of benzene rings is 2. The molecule has 0 radical (unpaired) electrons. The molecule has 0 aromatic heterocycles. The number of halogens is 5. The highest BCUT2D eigenvalue weighted by Gasteiger charge is 2.07. The predicted octanol–water partition coefficient (Wildman–Crippen LogP) is 6.67. The Morgan fingerprint density at radius 3 is 2.32 bits per heavy atom. The number of anilines is 1. The van der Waals surface area contributed by atoms with E-state index in [-0.39, 0.29) is 0 Å². The van der Waals surface area contributed by atoms with Crippen LogP contribution in [0, 0.1) is 0 Å². The lowest BCUT2D eigenvalue weighted by Gasteiger charge is -2.11. The highest BCUT2D eigenvalue weighted by molar-refractivity contribution is 9.10. The smallest absolute Gasteiger partial charge is 0.0653 e. The summed E-state index contributed by atoms with van der Waals surface area (Å²) >= 11 is 27.4. The van der Waals surface area contributed by atoms with Gasteiger partial charge in [-0.2, -0.15) is 0 Å². The second kappa shape index (κ2) is 6.55. The highest BCUT2D eigenvalue weighted by atomic mass is 79.9. The number of rotatable bonds is 3. The molecule has 100 valence electrons. The van der Waals surface area contributed by atoms with Crippen LogP contribution in [0.5, 0.6) is 0 Å². The van der Waals surface area contributed by atoms with Crippen molar-refractivity contribution < 1.29 is 0 Å². The van der Waals surface area contributed by atoms with E-state index >= 15 is 0 Å². The normalized spacial score (nSPS) is 10.6. The van der Waals surface area contributed by atoms with Gasteiger partial charge in [0.15, 0.2) is 0 Å². The maximum atomic E-state index is 6.10. The Bertz CT molecular complexity index is 616. The van der Waals surface area contributed by atoms with Gasteiger partial charge in [-0.3, -0.25) is 0 Å². The zero-order valence-corrected chi connectivity index (χ0v) is 14.1. The lowest BCUT2D eigenvalue weighted by molar-refractivity contribution is 1.14. The number of nitrogens with one attached hydrogen (secondary N) is 1. The fraction of sp³-hybridized carbons (Fsp3) is 0.0769. The summed E-state index contributed by atoms with van der Waals surface area (Å²) in [4.78, 5) is 0. The minimum atomic E-state index is 0.432.